The molecule has 1 aromatic heterocycles. The normalized spacial score (nSPS) is 17.5. The standard InChI is InChI=1S/C19H27F2N7O/c1-13-25-26-17(27(13)3)11-23-19(22-2)24-14-5-4-10-28(12-14)15-6-8-16(9-7-15)29-18(20)21/h6-9,14,18H,4-5,10-12H2,1-3H3,(H2,22,23,24). The van der Waals surface area contributed by atoms with Crippen LogP contribution in [-0.4, -0.2) is 53.5 Å². The third-order valence-corrected chi connectivity index (χ3v) is 5.01. The number of hydrogen-bond donors (Lipinski definition) is 2. The topological polar surface area (TPSA) is 79.6 Å². The van der Waals surface area contributed by atoms with Gasteiger partial charge in [-0.3, -0.25) is 4.99 Å². The van der Waals surface area contributed by atoms with Crippen LogP contribution in [0.2, 0.25) is 0 Å². The lowest BCUT2D eigenvalue weighted by atomic mass is 10.0. The molecule has 2 heterocycles. The fourth-order valence-corrected chi connectivity index (χ4v) is 3.32. The van der Waals surface area contributed by atoms with Gasteiger partial charge in [-0.25, -0.2) is 0 Å². The molecule has 1 unspecified atom stereocenters. The summed E-state index contributed by atoms with van der Waals surface area (Å²) in [6, 6.07) is 6.98. The van der Waals surface area contributed by atoms with Crippen LogP contribution in [-0.2, 0) is 13.6 Å². The number of benzene rings is 1. The molecule has 1 atom stereocenters. The van der Waals surface area contributed by atoms with Crippen molar-refractivity contribution < 1.29 is 13.5 Å². The number of aromatic nitrogens is 3. The predicted octanol–water partition coefficient (Wildman–Crippen LogP) is 2.06. The van der Waals surface area contributed by atoms with Crippen LogP contribution < -0.4 is 20.3 Å². The molecule has 0 bridgehead atoms. The summed E-state index contributed by atoms with van der Waals surface area (Å²) in [5, 5.41) is 14.9. The van der Waals surface area contributed by atoms with Crippen LogP contribution in [0.1, 0.15) is 24.5 Å². The summed E-state index contributed by atoms with van der Waals surface area (Å²) >= 11 is 0. The fourth-order valence-electron chi connectivity index (χ4n) is 3.32. The van der Waals surface area contributed by atoms with Gasteiger partial charge in [0.1, 0.15) is 11.6 Å². The molecule has 0 saturated carbocycles. The number of aryl methyl sites for hydroxylation is 1. The molecule has 2 aromatic rings. The largest absolute Gasteiger partial charge is 0.435 e. The van der Waals surface area contributed by atoms with Crippen molar-refractivity contribution in [1.29, 1.82) is 0 Å². The average Bonchev–Trinajstić information content (AvgIpc) is 3.03. The Morgan fingerprint density at radius 3 is 2.69 bits per heavy atom. The molecule has 3 rings (SSSR count). The zero-order valence-electron chi connectivity index (χ0n) is 16.9. The van der Waals surface area contributed by atoms with E-state index in [4.69, 9.17) is 0 Å². The summed E-state index contributed by atoms with van der Waals surface area (Å²) in [6.45, 7) is 1.33. The van der Waals surface area contributed by atoms with Crippen LogP contribution in [0.25, 0.3) is 0 Å². The molecule has 1 saturated heterocycles. The number of ether oxygens (including phenoxy) is 1. The van der Waals surface area contributed by atoms with Crippen molar-refractivity contribution in [2.24, 2.45) is 12.0 Å². The highest BCUT2D eigenvalue weighted by Gasteiger charge is 2.21. The molecular formula is C19H27F2N7O. The van der Waals surface area contributed by atoms with Crippen LogP contribution in [0, 0.1) is 6.92 Å². The molecule has 158 valence electrons. The van der Waals surface area contributed by atoms with Crippen LogP contribution in [0.4, 0.5) is 14.5 Å². The van der Waals surface area contributed by atoms with Crippen molar-refractivity contribution in [1.82, 2.24) is 25.4 Å². The lowest BCUT2D eigenvalue weighted by Crippen LogP contribution is -2.51. The van der Waals surface area contributed by atoms with Crippen molar-refractivity contribution in [2.45, 2.75) is 39.0 Å². The third kappa shape index (κ3) is 5.55. The summed E-state index contributed by atoms with van der Waals surface area (Å²) in [4.78, 5) is 6.53. The monoisotopic (exact) mass is 407 g/mol. The Balaban J connectivity index is 1.54. The number of hydrogen-bond acceptors (Lipinski definition) is 5. The molecule has 8 nitrogen and oxygen atoms in total. The quantitative estimate of drug-likeness (QED) is 0.564. The smallest absolute Gasteiger partial charge is 0.387 e. The van der Waals surface area contributed by atoms with Gasteiger partial charge < -0.3 is 24.8 Å². The number of rotatable bonds is 6. The Hall–Kier alpha value is -2.91. The van der Waals surface area contributed by atoms with E-state index in [2.05, 4.69) is 35.5 Å². The predicted molar refractivity (Wildman–Crippen MR) is 107 cm³/mol. The van der Waals surface area contributed by atoms with E-state index < -0.39 is 6.61 Å². The first-order valence-corrected chi connectivity index (χ1v) is 9.58. The maximum Gasteiger partial charge on any atom is 0.387 e. The molecule has 0 spiro atoms. The summed E-state index contributed by atoms with van der Waals surface area (Å²) < 4.78 is 31.0. The van der Waals surface area contributed by atoms with Crippen molar-refractivity contribution in [2.75, 3.05) is 25.0 Å². The van der Waals surface area contributed by atoms with Gasteiger partial charge in [0, 0.05) is 38.9 Å². The molecule has 29 heavy (non-hydrogen) atoms. The fraction of sp³-hybridized carbons (Fsp3) is 0.526. The molecule has 1 fully saturated rings. The van der Waals surface area contributed by atoms with Gasteiger partial charge in [0.25, 0.3) is 0 Å². The first-order chi connectivity index (χ1) is 14.0. The van der Waals surface area contributed by atoms with E-state index >= 15 is 0 Å². The molecule has 10 heteroatoms. The average molecular weight is 407 g/mol. The van der Waals surface area contributed by atoms with Gasteiger partial charge in [0.05, 0.1) is 6.54 Å². The number of nitrogens with one attached hydrogen (secondary N) is 2. The van der Waals surface area contributed by atoms with Crippen LogP contribution in [0.15, 0.2) is 29.3 Å². The first-order valence-electron chi connectivity index (χ1n) is 9.58. The lowest BCUT2D eigenvalue weighted by molar-refractivity contribution is -0.0498. The molecule has 1 aromatic carbocycles. The number of guanidine groups is 1. The van der Waals surface area contributed by atoms with Gasteiger partial charge in [-0.05, 0) is 44.0 Å². The number of halogens is 2. The van der Waals surface area contributed by atoms with Gasteiger partial charge in [-0.2, -0.15) is 8.78 Å². The Labute approximate surface area is 169 Å². The van der Waals surface area contributed by atoms with Crippen LogP contribution in [0.3, 0.4) is 0 Å². The summed E-state index contributed by atoms with van der Waals surface area (Å²) in [7, 11) is 3.67. The highest BCUT2D eigenvalue weighted by atomic mass is 19.3. The zero-order chi connectivity index (χ0) is 20.8. The van der Waals surface area contributed by atoms with Crippen LogP contribution in [0.5, 0.6) is 5.75 Å². The minimum atomic E-state index is -2.81. The number of aliphatic imine (C=N–C) groups is 1. The van der Waals surface area contributed by atoms with Gasteiger partial charge in [-0.15, -0.1) is 10.2 Å². The van der Waals surface area contributed by atoms with E-state index in [9.17, 15) is 8.78 Å². The molecule has 1 aliphatic heterocycles. The molecule has 0 amide bonds. The van der Waals surface area contributed by atoms with E-state index in [1.54, 1.807) is 19.2 Å². The minimum Gasteiger partial charge on any atom is -0.435 e. The summed E-state index contributed by atoms with van der Waals surface area (Å²) in [6.07, 6.45) is 2.04. The molecule has 2 N–H and O–H groups in total. The lowest BCUT2D eigenvalue weighted by Gasteiger charge is -2.35. The highest BCUT2D eigenvalue weighted by Crippen LogP contribution is 2.23. The Morgan fingerprint density at radius 2 is 2.07 bits per heavy atom. The van der Waals surface area contributed by atoms with Crippen molar-refractivity contribution >= 4 is 11.6 Å². The van der Waals surface area contributed by atoms with E-state index in [1.165, 1.54) is 0 Å². The van der Waals surface area contributed by atoms with Crippen molar-refractivity contribution in [3.8, 4) is 5.75 Å². The van der Waals surface area contributed by atoms with Crippen LogP contribution >= 0.6 is 0 Å². The second-order valence-electron chi connectivity index (χ2n) is 6.95. The number of alkyl halides is 2. The third-order valence-electron chi connectivity index (χ3n) is 5.01. The minimum absolute atomic E-state index is 0.166. The SMILES string of the molecule is CN=C(NCc1nnc(C)n1C)NC1CCCN(c2ccc(OC(F)F)cc2)C1. The maximum absolute atomic E-state index is 12.3. The van der Waals surface area contributed by atoms with E-state index in [1.807, 2.05) is 30.7 Å². The number of nitrogens with zero attached hydrogens (tertiary/aromatic N) is 5. The zero-order valence-corrected chi connectivity index (χ0v) is 16.9. The molecule has 0 radical (unpaired) electrons. The molecule has 1 aliphatic rings. The maximum atomic E-state index is 12.3. The first kappa shape index (κ1) is 20.8. The second kappa shape index (κ2) is 9.53. The van der Waals surface area contributed by atoms with E-state index in [-0.39, 0.29) is 11.8 Å². The van der Waals surface area contributed by atoms with Gasteiger partial charge in [0.15, 0.2) is 11.8 Å². The molecular weight excluding hydrogens is 380 g/mol. The van der Waals surface area contributed by atoms with Gasteiger partial charge >= 0.3 is 6.61 Å². The van der Waals surface area contributed by atoms with Crippen molar-refractivity contribution in [3.63, 3.8) is 0 Å². The number of piperidine rings is 1. The summed E-state index contributed by atoms with van der Waals surface area (Å²) in [5.74, 6) is 2.57. The second-order valence-corrected chi connectivity index (χ2v) is 6.95. The summed E-state index contributed by atoms with van der Waals surface area (Å²) in [5.41, 5.74) is 0.982. The number of anilines is 1. The Kier molecular flexibility index (Phi) is 6.84. The van der Waals surface area contributed by atoms with E-state index in [0.717, 1.165) is 43.3 Å². The Morgan fingerprint density at radius 1 is 1.31 bits per heavy atom. The van der Waals surface area contributed by atoms with Gasteiger partial charge in [0.2, 0.25) is 0 Å². The van der Waals surface area contributed by atoms with Crippen molar-refractivity contribution in [3.05, 3.63) is 35.9 Å². The van der Waals surface area contributed by atoms with Gasteiger partial charge in [-0.1, -0.05) is 0 Å². The highest BCUT2D eigenvalue weighted by molar-refractivity contribution is 5.80. The van der Waals surface area contributed by atoms with E-state index in [0.29, 0.717) is 12.5 Å². The molecule has 0 aliphatic carbocycles. The Bertz CT molecular complexity index is 822.